The summed E-state index contributed by atoms with van der Waals surface area (Å²) in [6, 6.07) is 5.92. The summed E-state index contributed by atoms with van der Waals surface area (Å²) in [7, 11) is 0. The second-order valence-electron chi connectivity index (χ2n) is 5.44. The number of aldehydes is 1. The minimum absolute atomic E-state index is 0.152. The number of aryl methyl sites for hydroxylation is 1. The van der Waals surface area contributed by atoms with Crippen molar-refractivity contribution in [1.29, 1.82) is 0 Å². The molecule has 0 aliphatic carbocycles. The van der Waals surface area contributed by atoms with Crippen molar-refractivity contribution in [2.24, 2.45) is 0 Å². The molecule has 0 unspecified atom stereocenters. The molecule has 2 aromatic rings. The molecule has 0 bridgehead atoms. The number of piperazine rings is 1. The van der Waals surface area contributed by atoms with E-state index in [1.165, 1.54) is 11.8 Å². The van der Waals surface area contributed by atoms with Crippen LogP contribution in [0.15, 0.2) is 24.4 Å². The zero-order chi connectivity index (χ0) is 16.4. The van der Waals surface area contributed by atoms with Crippen LogP contribution in [-0.4, -0.2) is 42.4 Å². The Morgan fingerprint density at radius 2 is 1.83 bits per heavy atom. The Morgan fingerprint density at radius 1 is 1.13 bits per heavy atom. The van der Waals surface area contributed by atoms with Crippen LogP contribution in [0.2, 0.25) is 10.3 Å². The van der Waals surface area contributed by atoms with Gasteiger partial charge in [-0.1, -0.05) is 17.7 Å². The van der Waals surface area contributed by atoms with E-state index >= 15 is 0 Å². The summed E-state index contributed by atoms with van der Waals surface area (Å²) in [6.45, 7) is 5.22. The number of carbonyl (C=O) groups is 1. The molecule has 1 aromatic heterocycles. The second-order valence-corrected chi connectivity index (χ2v) is 6.22. The van der Waals surface area contributed by atoms with Gasteiger partial charge in [-0.05, 0) is 36.2 Å². The van der Waals surface area contributed by atoms with Crippen LogP contribution in [0.1, 0.15) is 15.9 Å². The van der Waals surface area contributed by atoms with Gasteiger partial charge >= 0.3 is 0 Å². The monoisotopic (exact) mass is 350 g/mol. The quantitative estimate of drug-likeness (QED) is 0.628. The Hall–Kier alpha value is -1.85. The van der Waals surface area contributed by atoms with Gasteiger partial charge in [-0.15, -0.1) is 0 Å². The van der Waals surface area contributed by atoms with Crippen LogP contribution in [0.25, 0.3) is 0 Å². The maximum absolute atomic E-state index is 11.2. The zero-order valence-corrected chi connectivity index (χ0v) is 14.2. The first-order valence-corrected chi connectivity index (χ1v) is 8.08. The highest BCUT2D eigenvalue weighted by Gasteiger charge is 2.22. The van der Waals surface area contributed by atoms with Crippen molar-refractivity contribution < 1.29 is 4.79 Å². The Bertz CT molecular complexity index is 730. The number of aromatic nitrogens is 2. The number of nitrogens with zero attached hydrogens (tertiary/aromatic N) is 4. The lowest BCUT2D eigenvalue weighted by atomic mass is 10.1. The van der Waals surface area contributed by atoms with E-state index in [1.54, 1.807) is 0 Å². The summed E-state index contributed by atoms with van der Waals surface area (Å²) < 4.78 is 0. The normalized spacial score (nSPS) is 14.9. The van der Waals surface area contributed by atoms with Gasteiger partial charge in [-0.2, -0.15) is 4.98 Å². The molecule has 2 heterocycles. The summed E-state index contributed by atoms with van der Waals surface area (Å²) in [5.74, 6) is 0.600. The molecule has 0 amide bonds. The SMILES string of the molecule is Cc1ccc(Cl)cc1N1CCN(c2nc(Cl)ncc2C=O)CC1. The molecule has 3 rings (SSSR count). The van der Waals surface area contributed by atoms with E-state index in [9.17, 15) is 4.79 Å². The van der Waals surface area contributed by atoms with E-state index in [-0.39, 0.29) is 5.28 Å². The molecule has 0 radical (unpaired) electrons. The minimum atomic E-state index is 0.152. The summed E-state index contributed by atoms with van der Waals surface area (Å²) in [4.78, 5) is 23.6. The van der Waals surface area contributed by atoms with Crippen molar-refractivity contribution in [1.82, 2.24) is 9.97 Å². The van der Waals surface area contributed by atoms with Crippen LogP contribution in [0, 0.1) is 6.92 Å². The van der Waals surface area contributed by atoms with Gasteiger partial charge in [-0.3, -0.25) is 4.79 Å². The molecule has 0 N–H and O–H groups in total. The van der Waals surface area contributed by atoms with Gasteiger partial charge in [-0.25, -0.2) is 4.98 Å². The lowest BCUT2D eigenvalue weighted by molar-refractivity contribution is 0.112. The molecule has 7 heteroatoms. The highest BCUT2D eigenvalue weighted by atomic mass is 35.5. The average molecular weight is 351 g/mol. The molecule has 120 valence electrons. The molecule has 1 saturated heterocycles. The fraction of sp³-hybridized carbons (Fsp3) is 0.312. The number of benzene rings is 1. The van der Waals surface area contributed by atoms with Gasteiger partial charge in [0.25, 0.3) is 0 Å². The molecular formula is C16H16Cl2N4O. The van der Waals surface area contributed by atoms with E-state index in [0.29, 0.717) is 11.4 Å². The lowest BCUT2D eigenvalue weighted by Crippen LogP contribution is -2.47. The molecule has 1 fully saturated rings. The number of hydrogen-bond donors (Lipinski definition) is 0. The van der Waals surface area contributed by atoms with Crippen molar-refractivity contribution in [3.05, 3.63) is 45.8 Å². The van der Waals surface area contributed by atoms with E-state index in [0.717, 1.165) is 43.2 Å². The number of hydrogen-bond acceptors (Lipinski definition) is 5. The lowest BCUT2D eigenvalue weighted by Gasteiger charge is -2.37. The van der Waals surface area contributed by atoms with Gasteiger partial charge in [0.05, 0.1) is 5.56 Å². The molecule has 1 aromatic carbocycles. The Morgan fingerprint density at radius 3 is 2.52 bits per heavy atom. The number of carbonyl (C=O) groups excluding carboxylic acids is 1. The van der Waals surface area contributed by atoms with Crippen LogP contribution < -0.4 is 9.80 Å². The van der Waals surface area contributed by atoms with Crippen molar-refractivity contribution >= 4 is 41.0 Å². The first-order valence-electron chi connectivity index (χ1n) is 7.32. The van der Waals surface area contributed by atoms with Crippen LogP contribution in [0.4, 0.5) is 11.5 Å². The van der Waals surface area contributed by atoms with E-state index in [2.05, 4.69) is 26.7 Å². The van der Waals surface area contributed by atoms with E-state index < -0.39 is 0 Å². The van der Waals surface area contributed by atoms with E-state index in [1.807, 2.05) is 18.2 Å². The molecule has 0 saturated carbocycles. The second kappa shape index (κ2) is 6.72. The molecule has 5 nitrogen and oxygen atoms in total. The average Bonchev–Trinajstić information content (AvgIpc) is 2.57. The largest absolute Gasteiger partial charge is 0.368 e. The fourth-order valence-corrected chi connectivity index (χ4v) is 3.08. The Balaban J connectivity index is 1.77. The van der Waals surface area contributed by atoms with Crippen LogP contribution in [0.3, 0.4) is 0 Å². The first-order chi connectivity index (χ1) is 11.1. The minimum Gasteiger partial charge on any atom is -0.368 e. The third kappa shape index (κ3) is 3.41. The molecule has 23 heavy (non-hydrogen) atoms. The summed E-state index contributed by atoms with van der Waals surface area (Å²) in [5.41, 5.74) is 2.80. The predicted molar refractivity (Wildman–Crippen MR) is 93.0 cm³/mol. The number of rotatable bonds is 3. The van der Waals surface area contributed by atoms with Gasteiger partial charge in [0, 0.05) is 43.1 Å². The van der Waals surface area contributed by atoms with Crippen molar-refractivity contribution in [2.45, 2.75) is 6.92 Å². The van der Waals surface area contributed by atoms with Crippen LogP contribution in [0.5, 0.6) is 0 Å². The maximum atomic E-state index is 11.2. The van der Waals surface area contributed by atoms with Gasteiger partial charge in [0.2, 0.25) is 5.28 Å². The van der Waals surface area contributed by atoms with E-state index in [4.69, 9.17) is 23.2 Å². The molecule has 0 atom stereocenters. The van der Waals surface area contributed by atoms with Gasteiger partial charge < -0.3 is 9.80 Å². The van der Waals surface area contributed by atoms with Gasteiger partial charge in [0.1, 0.15) is 5.82 Å². The standard InChI is InChI=1S/C16H16Cl2N4O/c1-11-2-3-13(17)8-14(11)21-4-6-22(7-5-21)15-12(10-23)9-19-16(18)20-15/h2-3,8-10H,4-7H2,1H3. The van der Waals surface area contributed by atoms with Crippen molar-refractivity contribution in [3.63, 3.8) is 0 Å². The van der Waals surface area contributed by atoms with Gasteiger partial charge in [0.15, 0.2) is 6.29 Å². The summed E-state index contributed by atoms with van der Waals surface area (Å²) >= 11 is 12.0. The van der Waals surface area contributed by atoms with Crippen molar-refractivity contribution in [2.75, 3.05) is 36.0 Å². The highest BCUT2D eigenvalue weighted by molar-refractivity contribution is 6.30. The third-order valence-electron chi connectivity index (χ3n) is 3.98. The molecule has 1 aliphatic rings. The highest BCUT2D eigenvalue weighted by Crippen LogP contribution is 2.27. The molecular weight excluding hydrogens is 335 g/mol. The van der Waals surface area contributed by atoms with Crippen molar-refractivity contribution in [3.8, 4) is 0 Å². The molecule has 0 spiro atoms. The fourth-order valence-electron chi connectivity index (χ4n) is 2.78. The third-order valence-corrected chi connectivity index (χ3v) is 4.40. The predicted octanol–water partition coefficient (Wildman–Crippen LogP) is 3.23. The Kier molecular flexibility index (Phi) is 4.68. The summed E-state index contributed by atoms with van der Waals surface area (Å²) in [6.07, 6.45) is 2.23. The smallest absolute Gasteiger partial charge is 0.224 e. The number of halogens is 2. The zero-order valence-electron chi connectivity index (χ0n) is 12.7. The maximum Gasteiger partial charge on any atom is 0.224 e. The summed E-state index contributed by atoms with van der Waals surface area (Å²) in [5, 5.41) is 0.887. The number of anilines is 2. The topological polar surface area (TPSA) is 49.3 Å². The Labute approximate surface area is 144 Å². The first kappa shape index (κ1) is 16.0. The van der Waals surface area contributed by atoms with Crippen LogP contribution >= 0.6 is 23.2 Å². The molecule has 1 aliphatic heterocycles. The van der Waals surface area contributed by atoms with Crippen LogP contribution in [-0.2, 0) is 0 Å².